The number of hydrogen-bond donors (Lipinski definition) is 1. The van der Waals surface area contributed by atoms with Gasteiger partial charge in [-0.15, -0.1) is 0 Å². The normalized spacial score (nSPS) is 13.6. The van der Waals surface area contributed by atoms with E-state index in [9.17, 15) is 14.9 Å². The topological polar surface area (TPSA) is 101 Å². The van der Waals surface area contributed by atoms with E-state index in [0.717, 1.165) is 42.7 Å². The van der Waals surface area contributed by atoms with Gasteiger partial charge in [0.25, 0.3) is 11.6 Å². The summed E-state index contributed by atoms with van der Waals surface area (Å²) in [6.45, 7) is 5.84. The molecule has 0 spiro atoms. The Bertz CT molecular complexity index is 1150. The zero-order valence-corrected chi connectivity index (χ0v) is 18.2. The van der Waals surface area contributed by atoms with Gasteiger partial charge in [0.05, 0.1) is 4.92 Å². The van der Waals surface area contributed by atoms with E-state index >= 15 is 0 Å². The predicted molar refractivity (Wildman–Crippen MR) is 124 cm³/mol. The molecule has 0 bridgehead atoms. The number of nitrogens with one attached hydrogen (secondary N) is 1. The molecule has 164 valence electrons. The van der Waals surface area contributed by atoms with Gasteiger partial charge in [-0.05, 0) is 61.9 Å². The molecule has 1 fully saturated rings. The number of nitro benzene ring substituents is 1. The minimum Gasteiger partial charge on any atom is -0.372 e. The molecule has 1 aliphatic heterocycles. The lowest BCUT2D eigenvalue weighted by Crippen LogP contribution is -2.29. The minimum absolute atomic E-state index is 0.0000839. The van der Waals surface area contributed by atoms with Crippen molar-refractivity contribution in [2.24, 2.45) is 0 Å². The highest BCUT2D eigenvalue weighted by molar-refractivity contribution is 6.07. The third-order valence-electron chi connectivity index (χ3n) is 5.86. The third kappa shape index (κ3) is 4.59. The summed E-state index contributed by atoms with van der Waals surface area (Å²) >= 11 is 0. The average molecular weight is 431 g/mol. The van der Waals surface area contributed by atoms with Crippen LogP contribution in [0.15, 0.2) is 48.8 Å². The van der Waals surface area contributed by atoms with Crippen LogP contribution in [0.3, 0.4) is 0 Å². The van der Waals surface area contributed by atoms with Gasteiger partial charge < -0.3 is 4.90 Å². The Balaban J connectivity index is 1.56. The molecule has 1 saturated heterocycles. The number of carbonyl (C=O) groups is 1. The van der Waals surface area contributed by atoms with E-state index in [-0.39, 0.29) is 17.2 Å². The van der Waals surface area contributed by atoms with Crippen LogP contribution in [0.1, 0.15) is 40.7 Å². The lowest BCUT2D eigenvalue weighted by atomic mass is 10.0. The van der Waals surface area contributed by atoms with Crippen molar-refractivity contribution in [2.75, 3.05) is 23.3 Å². The standard InChI is InChI=1S/C24H25N5O3/c1-16-6-7-18(12-17(16)2)19-14-25-24(26-15-19)27-23(30)21-13-20(8-9-22(21)29(31)32)28-10-4-3-5-11-28/h6-9,12-15H,3-5,10-11H2,1-2H3,(H,25,26,27,30). The van der Waals surface area contributed by atoms with E-state index in [1.807, 2.05) is 26.0 Å². The van der Waals surface area contributed by atoms with Crippen molar-refractivity contribution in [3.05, 3.63) is 75.6 Å². The molecule has 8 nitrogen and oxygen atoms in total. The monoisotopic (exact) mass is 431 g/mol. The lowest BCUT2D eigenvalue weighted by molar-refractivity contribution is -0.385. The fourth-order valence-corrected chi connectivity index (χ4v) is 3.85. The molecule has 0 atom stereocenters. The molecule has 1 aliphatic rings. The van der Waals surface area contributed by atoms with Crippen LogP contribution in [0.2, 0.25) is 0 Å². The number of aromatic nitrogens is 2. The molecule has 8 heteroatoms. The van der Waals surface area contributed by atoms with Crippen molar-refractivity contribution in [1.29, 1.82) is 0 Å². The van der Waals surface area contributed by atoms with Crippen LogP contribution in [-0.4, -0.2) is 33.9 Å². The summed E-state index contributed by atoms with van der Waals surface area (Å²) in [7, 11) is 0. The minimum atomic E-state index is -0.602. The Labute approximate surface area is 186 Å². The maximum atomic E-state index is 12.9. The van der Waals surface area contributed by atoms with Gasteiger partial charge in [-0.3, -0.25) is 20.2 Å². The SMILES string of the molecule is Cc1ccc(-c2cnc(NC(=O)c3cc(N4CCCCC4)ccc3[N+](=O)[O-])nc2)cc1C. The highest BCUT2D eigenvalue weighted by Crippen LogP contribution is 2.28. The molecular formula is C24H25N5O3. The summed E-state index contributed by atoms with van der Waals surface area (Å²) in [6.07, 6.45) is 6.57. The van der Waals surface area contributed by atoms with Gasteiger partial charge in [0.1, 0.15) is 5.56 Å². The van der Waals surface area contributed by atoms with Gasteiger partial charge in [0.15, 0.2) is 0 Å². The first-order chi connectivity index (χ1) is 15.4. The maximum Gasteiger partial charge on any atom is 0.282 e. The smallest absolute Gasteiger partial charge is 0.282 e. The van der Waals surface area contributed by atoms with Gasteiger partial charge in [-0.1, -0.05) is 18.2 Å². The van der Waals surface area contributed by atoms with E-state index in [2.05, 4.69) is 26.3 Å². The number of anilines is 2. The number of rotatable bonds is 5. The number of nitro groups is 1. The van der Waals surface area contributed by atoms with Crippen molar-refractivity contribution in [1.82, 2.24) is 9.97 Å². The summed E-state index contributed by atoms with van der Waals surface area (Å²) in [5.74, 6) is -0.505. The summed E-state index contributed by atoms with van der Waals surface area (Å²) in [5, 5.41) is 14.1. The van der Waals surface area contributed by atoms with Gasteiger partial charge in [0.2, 0.25) is 5.95 Å². The van der Waals surface area contributed by atoms with Gasteiger partial charge >= 0.3 is 0 Å². The van der Waals surface area contributed by atoms with Gasteiger partial charge in [0, 0.05) is 42.8 Å². The number of piperidine rings is 1. The Hall–Kier alpha value is -3.81. The van der Waals surface area contributed by atoms with Crippen LogP contribution in [0.4, 0.5) is 17.3 Å². The van der Waals surface area contributed by atoms with Crippen molar-refractivity contribution in [3.63, 3.8) is 0 Å². The number of aryl methyl sites for hydroxylation is 2. The number of hydrogen-bond acceptors (Lipinski definition) is 6. The molecule has 0 radical (unpaired) electrons. The largest absolute Gasteiger partial charge is 0.372 e. The first-order valence-electron chi connectivity index (χ1n) is 10.7. The molecule has 4 rings (SSSR count). The van der Waals surface area contributed by atoms with E-state index in [1.54, 1.807) is 24.5 Å². The molecular weight excluding hydrogens is 406 g/mol. The van der Waals surface area contributed by atoms with E-state index in [1.165, 1.54) is 23.6 Å². The van der Waals surface area contributed by atoms with Crippen LogP contribution in [0.5, 0.6) is 0 Å². The third-order valence-corrected chi connectivity index (χ3v) is 5.86. The Morgan fingerprint density at radius 3 is 2.34 bits per heavy atom. The second-order valence-corrected chi connectivity index (χ2v) is 8.05. The van der Waals surface area contributed by atoms with Crippen LogP contribution in [0.25, 0.3) is 11.1 Å². The molecule has 0 unspecified atom stereocenters. The molecule has 0 saturated carbocycles. The Morgan fingerprint density at radius 2 is 1.69 bits per heavy atom. The molecule has 3 aromatic rings. The summed E-state index contributed by atoms with van der Waals surface area (Å²) < 4.78 is 0. The molecule has 0 aliphatic carbocycles. The fourth-order valence-electron chi connectivity index (χ4n) is 3.85. The quantitative estimate of drug-likeness (QED) is 0.455. The molecule has 32 heavy (non-hydrogen) atoms. The highest BCUT2D eigenvalue weighted by atomic mass is 16.6. The average Bonchev–Trinajstić information content (AvgIpc) is 2.81. The van der Waals surface area contributed by atoms with Crippen LogP contribution < -0.4 is 10.2 Å². The first kappa shape index (κ1) is 21.4. The lowest BCUT2D eigenvalue weighted by Gasteiger charge is -2.29. The second kappa shape index (κ2) is 9.13. The zero-order chi connectivity index (χ0) is 22.7. The number of benzene rings is 2. The molecule has 1 N–H and O–H groups in total. The molecule has 1 aromatic heterocycles. The van der Waals surface area contributed by atoms with Crippen molar-refractivity contribution >= 4 is 23.2 Å². The van der Waals surface area contributed by atoms with Crippen molar-refractivity contribution in [3.8, 4) is 11.1 Å². The molecule has 2 aromatic carbocycles. The predicted octanol–water partition coefficient (Wildman–Crippen LogP) is 4.91. The number of nitrogens with zero attached hydrogens (tertiary/aromatic N) is 4. The van der Waals surface area contributed by atoms with E-state index < -0.39 is 10.8 Å². The van der Waals surface area contributed by atoms with E-state index in [0.29, 0.717) is 0 Å². The van der Waals surface area contributed by atoms with E-state index in [4.69, 9.17) is 0 Å². The molecule has 2 heterocycles. The van der Waals surface area contributed by atoms with Crippen molar-refractivity contribution < 1.29 is 9.72 Å². The van der Waals surface area contributed by atoms with Crippen LogP contribution >= 0.6 is 0 Å². The van der Waals surface area contributed by atoms with Gasteiger partial charge in [-0.25, -0.2) is 9.97 Å². The maximum absolute atomic E-state index is 12.9. The first-order valence-corrected chi connectivity index (χ1v) is 10.7. The van der Waals surface area contributed by atoms with Gasteiger partial charge in [-0.2, -0.15) is 0 Å². The molecule has 1 amide bonds. The highest BCUT2D eigenvalue weighted by Gasteiger charge is 2.23. The van der Waals surface area contributed by atoms with Crippen molar-refractivity contribution in [2.45, 2.75) is 33.1 Å². The second-order valence-electron chi connectivity index (χ2n) is 8.05. The van der Waals surface area contributed by atoms with Crippen LogP contribution in [0, 0.1) is 24.0 Å². The van der Waals surface area contributed by atoms with Crippen LogP contribution in [-0.2, 0) is 0 Å². The number of carbonyl (C=O) groups excluding carboxylic acids is 1. The summed E-state index contributed by atoms with van der Waals surface area (Å²) in [5.41, 5.74) is 4.74. The zero-order valence-electron chi connectivity index (χ0n) is 18.2. The number of amides is 1. The summed E-state index contributed by atoms with van der Waals surface area (Å²) in [4.78, 5) is 34.5. The fraction of sp³-hybridized carbons (Fsp3) is 0.292. The Kier molecular flexibility index (Phi) is 6.11. The Morgan fingerprint density at radius 1 is 0.969 bits per heavy atom. The summed E-state index contributed by atoms with van der Waals surface area (Å²) in [6, 6.07) is 10.8.